The van der Waals surface area contributed by atoms with Crippen LogP contribution >= 0.6 is 0 Å². The predicted molar refractivity (Wildman–Crippen MR) is 118 cm³/mol. The summed E-state index contributed by atoms with van der Waals surface area (Å²) in [7, 11) is 3.33. The van der Waals surface area contributed by atoms with E-state index in [1.54, 1.807) is 44.4 Å². The van der Waals surface area contributed by atoms with Gasteiger partial charge in [0.15, 0.2) is 6.61 Å². The molecule has 0 aliphatic heterocycles. The Morgan fingerprint density at radius 1 is 0.967 bits per heavy atom. The zero-order valence-electron chi connectivity index (χ0n) is 18.2. The Morgan fingerprint density at radius 2 is 1.70 bits per heavy atom. The number of para-hydroxylation sites is 2. The Kier molecular flexibility index (Phi) is 9.15. The van der Waals surface area contributed by atoms with E-state index in [1.165, 1.54) is 4.90 Å². The number of benzene rings is 2. The number of amides is 2. The molecule has 7 heteroatoms. The summed E-state index contributed by atoms with van der Waals surface area (Å²) in [6, 6.07) is 14.1. The van der Waals surface area contributed by atoms with Gasteiger partial charge < -0.3 is 24.6 Å². The molecule has 0 bridgehead atoms. The Labute approximate surface area is 178 Å². The van der Waals surface area contributed by atoms with Crippen LogP contribution in [0, 0.1) is 0 Å². The maximum Gasteiger partial charge on any atom is 0.259 e. The first kappa shape index (κ1) is 23.2. The van der Waals surface area contributed by atoms with Crippen LogP contribution in [0.25, 0.3) is 0 Å². The van der Waals surface area contributed by atoms with E-state index < -0.39 is 0 Å². The largest absolute Gasteiger partial charge is 0.490 e. The molecule has 0 spiro atoms. The summed E-state index contributed by atoms with van der Waals surface area (Å²) in [5, 5.41) is 2.89. The molecule has 1 N–H and O–H groups in total. The van der Waals surface area contributed by atoms with Gasteiger partial charge in [-0.3, -0.25) is 9.59 Å². The van der Waals surface area contributed by atoms with Crippen molar-refractivity contribution in [3.63, 3.8) is 0 Å². The summed E-state index contributed by atoms with van der Waals surface area (Å²) >= 11 is 0. The van der Waals surface area contributed by atoms with Gasteiger partial charge in [-0.05, 0) is 43.4 Å². The van der Waals surface area contributed by atoms with Crippen LogP contribution in [-0.2, 0) is 4.79 Å². The molecule has 2 aromatic rings. The zero-order chi connectivity index (χ0) is 21.9. The lowest BCUT2D eigenvalue weighted by Crippen LogP contribution is -2.28. The summed E-state index contributed by atoms with van der Waals surface area (Å²) in [6.07, 6.45) is 0. The van der Waals surface area contributed by atoms with E-state index in [2.05, 4.69) is 24.1 Å². The maximum absolute atomic E-state index is 12.7. The minimum Gasteiger partial charge on any atom is -0.490 e. The van der Waals surface area contributed by atoms with Crippen LogP contribution in [0.3, 0.4) is 0 Å². The predicted octanol–water partition coefficient (Wildman–Crippen LogP) is 3.13. The molecule has 0 aliphatic rings. The van der Waals surface area contributed by atoms with Gasteiger partial charge in [0.1, 0.15) is 18.1 Å². The highest BCUT2D eigenvalue weighted by Crippen LogP contribution is 2.25. The van der Waals surface area contributed by atoms with Crippen LogP contribution in [0.15, 0.2) is 48.5 Å². The van der Waals surface area contributed by atoms with Crippen LogP contribution in [0.1, 0.15) is 24.2 Å². The number of hydrogen-bond donors (Lipinski definition) is 1. The van der Waals surface area contributed by atoms with Gasteiger partial charge >= 0.3 is 0 Å². The van der Waals surface area contributed by atoms with E-state index in [4.69, 9.17) is 9.47 Å². The second kappa shape index (κ2) is 11.8. The molecule has 7 nitrogen and oxygen atoms in total. The molecule has 0 heterocycles. The van der Waals surface area contributed by atoms with Gasteiger partial charge in [0.05, 0.1) is 5.69 Å². The Morgan fingerprint density at radius 3 is 2.40 bits per heavy atom. The Hall–Kier alpha value is -3.06. The van der Waals surface area contributed by atoms with Gasteiger partial charge in [-0.2, -0.15) is 0 Å². The fourth-order valence-electron chi connectivity index (χ4n) is 2.72. The van der Waals surface area contributed by atoms with Crippen molar-refractivity contribution < 1.29 is 19.1 Å². The van der Waals surface area contributed by atoms with Gasteiger partial charge in [-0.25, -0.2) is 0 Å². The van der Waals surface area contributed by atoms with Crippen LogP contribution in [0.5, 0.6) is 11.5 Å². The highest BCUT2D eigenvalue weighted by atomic mass is 16.5. The first-order chi connectivity index (χ1) is 14.4. The zero-order valence-corrected chi connectivity index (χ0v) is 18.2. The van der Waals surface area contributed by atoms with E-state index in [1.807, 2.05) is 18.2 Å². The Balaban J connectivity index is 2.01. The molecule has 2 rings (SSSR count). The Bertz CT molecular complexity index is 835. The van der Waals surface area contributed by atoms with Crippen LogP contribution in [0.2, 0.25) is 0 Å². The minimum atomic E-state index is -0.279. The lowest BCUT2D eigenvalue weighted by atomic mass is 10.2. The third-order valence-corrected chi connectivity index (χ3v) is 4.65. The van der Waals surface area contributed by atoms with Crippen LogP contribution in [-0.4, -0.2) is 68.6 Å². The van der Waals surface area contributed by atoms with Crippen molar-refractivity contribution in [2.24, 2.45) is 0 Å². The standard InChI is InChI=1S/C23H31N3O4/c1-5-26(6-2)14-15-29-21-13-8-7-12-20(21)24-23(28)18-10-9-11-19(16-18)30-17-22(27)25(3)4/h7-13,16H,5-6,14-15,17H2,1-4H3,(H,24,28). The van der Waals surface area contributed by atoms with Gasteiger partial charge in [0.2, 0.25) is 0 Å². The molecular weight excluding hydrogens is 382 g/mol. The van der Waals surface area contributed by atoms with Crippen molar-refractivity contribution in [3.05, 3.63) is 54.1 Å². The average molecular weight is 414 g/mol. The van der Waals surface area contributed by atoms with Crippen molar-refractivity contribution in [1.29, 1.82) is 0 Å². The molecule has 0 saturated heterocycles. The molecule has 0 aromatic heterocycles. The number of hydrogen-bond acceptors (Lipinski definition) is 5. The summed E-state index contributed by atoms with van der Waals surface area (Å²) < 4.78 is 11.4. The van der Waals surface area contributed by atoms with Crippen molar-refractivity contribution in [3.8, 4) is 11.5 Å². The molecular formula is C23H31N3O4. The third-order valence-electron chi connectivity index (χ3n) is 4.65. The van der Waals surface area contributed by atoms with E-state index in [-0.39, 0.29) is 18.4 Å². The maximum atomic E-state index is 12.7. The second-order valence-electron chi connectivity index (χ2n) is 6.93. The van der Waals surface area contributed by atoms with E-state index >= 15 is 0 Å². The number of anilines is 1. The van der Waals surface area contributed by atoms with Crippen LogP contribution < -0.4 is 14.8 Å². The van der Waals surface area contributed by atoms with Crippen molar-refractivity contribution in [2.45, 2.75) is 13.8 Å². The fourth-order valence-corrected chi connectivity index (χ4v) is 2.72. The lowest BCUT2D eigenvalue weighted by Gasteiger charge is -2.19. The van der Waals surface area contributed by atoms with Crippen molar-refractivity contribution in [1.82, 2.24) is 9.80 Å². The highest BCUT2D eigenvalue weighted by Gasteiger charge is 2.12. The van der Waals surface area contributed by atoms with Gasteiger partial charge in [0.25, 0.3) is 11.8 Å². The number of rotatable bonds is 11. The lowest BCUT2D eigenvalue weighted by molar-refractivity contribution is -0.130. The van der Waals surface area contributed by atoms with E-state index in [9.17, 15) is 9.59 Å². The molecule has 0 atom stereocenters. The molecule has 162 valence electrons. The summed E-state index contributed by atoms with van der Waals surface area (Å²) in [6.45, 7) is 7.45. The summed E-state index contributed by atoms with van der Waals surface area (Å²) in [4.78, 5) is 28.1. The third kappa shape index (κ3) is 7.08. The van der Waals surface area contributed by atoms with Crippen molar-refractivity contribution in [2.75, 3.05) is 52.3 Å². The summed E-state index contributed by atoms with van der Waals surface area (Å²) in [5.74, 6) is 0.656. The van der Waals surface area contributed by atoms with Crippen molar-refractivity contribution >= 4 is 17.5 Å². The number of carbonyl (C=O) groups is 2. The molecule has 0 radical (unpaired) electrons. The fraction of sp³-hybridized carbons (Fsp3) is 0.391. The van der Waals surface area contributed by atoms with Gasteiger partial charge in [0, 0.05) is 26.2 Å². The van der Waals surface area contributed by atoms with Gasteiger partial charge in [-0.15, -0.1) is 0 Å². The minimum absolute atomic E-state index is 0.0821. The monoisotopic (exact) mass is 413 g/mol. The molecule has 0 unspecified atom stereocenters. The number of ether oxygens (including phenoxy) is 2. The van der Waals surface area contributed by atoms with Gasteiger partial charge in [-0.1, -0.05) is 32.0 Å². The number of carbonyl (C=O) groups excluding carboxylic acids is 2. The molecule has 0 saturated carbocycles. The number of nitrogens with zero attached hydrogens (tertiary/aromatic N) is 2. The smallest absolute Gasteiger partial charge is 0.259 e. The molecule has 2 aromatic carbocycles. The first-order valence-electron chi connectivity index (χ1n) is 10.1. The number of likely N-dealkylation sites (N-methyl/N-ethyl adjacent to an activating group) is 2. The average Bonchev–Trinajstić information content (AvgIpc) is 2.76. The molecule has 0 fully saturated rings. The summed E-state index contributed by atoms with van der Waals surface area (Å²) in [5.41, 5.74) is 1.04. The topological polar surface area (TPSA) is 71.1 Å². The quantitative estimate of drug-likeness (QED) is 0.613. The second-order valence-corrected chi connectivity index (χ2v) is 6.93. The van der Waals surface area contributed by atoms with E-state index in [0.717, 1.165) is 19.6 Å². The molecule has 0 aliphatic carbocycles. The number of nitrogens with one attached hydrogen (secondary N) is 1. The normalized spacial score (nSPS) is 10.6. The first-order valence-corrected chi connectivity index (χ1v) is 10.1. The van der Waals surface area contributed by atoms with Crippen LogP contribution in [0.4, 0.5) is 5.69 Å². The highest BCUT2D eigenvalue weighted by molar-refractivity contribution is 6.05. The molecule has 2 amide bonds. The SMILES string of the molecule is CCN(CC)CCOc1ccccc1NC(=O)c1cccc(OCC(=O)N(C)C)c1. The van der Waals surface area contributed by atoms with E-state index in [0.29, 0.717) is 29.4 Å². The molecule has 30 heavy (non-hydrogen) atoms.